The highest BCUT2D eigenvalue weighted by atomic mass is 35.5. The van der Waals surface area contributed by atoms with Crippen LogP contribution in [0.1, 0.15) is 23.1 Å². The van der Waals surface area contributed by atoms with Crippen molar-refractivity contribution in [3.8, 4) is 11.5 Å². The first-order valence-electron chi connectivity index (χ1n) is 9.44. The quantitative estimate of drug-likeness (QED) is 0.733. The van der Waals surface area contributed by atoms with Gasteiger partial charge in [0.05, 0.1) is 22.7 Å². The van der Waals surface area contributed by atoms with Crippen molar-refractivity contribution in [2.45, 2.75) is 38.2 Å². The minimum absolute atomic E-state index is 0.0399. The fourth-order valence-corrected chi connectivity index (χ4v) is 5.42. The lowest BCUT2D eigenvalue weighted by atomic mass is 10.1. The third-order valence-corrected chi connectivity index (χ3v) is 7.27. The second-order valence-corrected chi connectivity index (χ2v) is 9.54. The van der Waals surface area contributed by atoms with Gasteiger partial charge < -0.3 is 14.4 Å². The molecular formula is C21H27ClN2O4S. The number of hydrogen-bond acceptors (Lipinski definition) is 5. The summed E-state index contributed by atoms with van der Waals surface area (Å²) < 4.78 is 40.3. The minimum atomic E-state index is -3.80. The summed E-state index contributed by atoms with van der Waals surface area (Å²) in [6.45, 7) is 7.17. The smallest absolute Gasteiger partial charge is 0.262 e. The van der Waals surface area contributed by atoms with Gasteiger partial charge in [-0.25, -0.2) is 8.42 Å². The lowest BCUT2D eigenvalue weighted by Gasteiger charge is -2.18. The Hall–Kier alpha value is -1.96. The van der Waals surface area contributed by atoms with Gasteiger partial charge in [-0.15, -0.1) is 0 Å². The fourth-order valence-electron chi connectivity index (χ4n) is 3.68. The molecule has 1 N–H and O–H groups in total. The predicted molar refractivity (Wildman–Crippen MR) is 116 cm³/mol. The van der Waals surface area contributed by atoms with Crippen molar-refractivity contribution < 1.29 is 17.9 Å². The maximum atomic E-state index is 13.1. The van der Waals surface area contributed by atoms with Crippen LogP contribution in [-0.2, 0) is 10.0 Å². The molecule has 158 valence electrons. The van der Waals surface area contributed by atoms with Crippen molar-refractivity contribution in [3.05, 3.63) is 46.0 Å². The van der Waals surface area contributed by atoms with Crippen molar-refractivity contribution in [2.75, 3.05) is 32.0 Å². The topological polar surface area (TPSA) is 67.9 Å². The van der Waals surface area contributed by atoms with Gasteiger partial charge >= 0.3 is 0 Å². The number of likely N-dealkylation sites (N-methyl/N-ethyl adjacent to an activating group) is 1. The Balaban J connectivity index is 1.90. The molecule has 8 heteroatoms. The average Bonchev–Trinajstić information content (AvgIpc) is 3.05. The molecule has 6 nitrogen and oxygen atoms in total. The van der Waals surface area contributed by atoms with Gasteiger partial charge in [-0.1, -0.05) is 11.6 Å². The van der Waals surface area contributed by atoms with Crippen LogP contribution in [0.5, 0.6) is 11.5 Å². The molecule has 0 aromatic heterocycles. The minimum Gasteiger partial charge on any atom is -0.496 e. The van der Waals surface area contributed by atoms with Gasteiger partial charge in [0, 0.05) is 19.2 Å². The highest BCUT2D eigenvalue weighted by Gasteiger charge is 2.25. The van der Waals surface area contributed by atoms with E-state index in [1.54, 1.807) is 45.2 Å². The number of aryl methyl sites for hydroxylation is 1. The molecule has 1 aliphatic rings. The van der Waals surface area contributed by atoms with E-state index in [0.29, 0.717) is 33.3 Å². The predicted octanol–water partition coefficient (Wildman–Crippen LogP) is 4.16. The number of nitrogens with one attached hydrogen (secondary N) is 1. The van der Waals surface area contributed by atoms with Crippen LogP contribution in [0, 0.1) is 20.8 Å². The molecule has 1 aliphatic heterocycles. The average molecular weight is 439 g/mol. The lowest BCUT2D eigenvalue weighted by molar-refractivity contribution is 0.208. The van der Waals surface area contributed by atoms with E-state index in [-0.39, 0.29) is 11.0 Å². The zero-order valence-corrected chi connectivity index (χ0v) is 18.9. The number of rotatable bonds is 6. The summed E-state index contributed by atoms with van der Waals surface area (Å²) in [7, 11) is -0.187. The summed E-state index contributed by atoms with van der Waals surface area (Å²) in [6.07, 6.45) is 0.949. The summed E-state index contributed by atoms with van der Waals surface area (Å²) in [5, 5.41) is 0.454. The molecule has 3 rings (SSSR count). The first kappa shape index (κ1) is 21.7. The van der Waals surface area contributed by atoms with E-state index < -0.39 is 10.0 Å². The lowest BCUT2D eigenvalue weighted by Crippen LogP contribution is -2.21. The molecule has 0 radical (unpaired) electrons. The van der Waals surface area contributed by atoms with Crippen LogP contribution >= 0.6 is 11.6 Å². The molecule has 0 unspecified atom stereocenters. The molecule has 1 atom stereocenters. The van der Waals surface area contributed by atoms with Crippen LogP contribution < -0.4 is 14.2 Å². The van der Waals surface area contributed by atoms with Gasteiger partial charge in [0.15, 0.2) is 0 Å². The van der Waals surface area contributed by atoms with E-state index in [0.717, 1.165) is 25.1 Å². The van der Waals surface area contributed by atoms with E-state index in [1.807, 2.05) is 14.0 Å². The van der Waals surface area contributed by atoms with Crippen LogP contribution in [0.4, 0.5) is 5.69 Å². The first-order chi connectivity index (χ1) is 13.6. The van der Waals surface area contributed by atoms with Crippen molar-refractivity contribution >= 4 is 27.3 Å². The number of methoxy groups -OCH3 is 1. The Morgan fingerprint density at radius 3 is 2.48 bits per heavy atom. The Kier molecular flexibility index (Phi) is 6.31. The second-order valence-electron chi connectivity index (χ2n) is 7.52. The number of sulfonamides is 1. The second kappa shape index (κ2) is 8.42. The van der Waals surface area contributed by atoms with Crippen LogP contribution in [-0.4, -0.2) is 46.7 Å². The SMILES string of the molecule is COc1cc(C)c(S(=O)(=O)Nc2ccc(Cl)c(O[C@@H]3CCN(C)C3)c2)c(C)c1C. The number of hydrogen-bond donors (Lipinski definition) is 1. The molecule has 2 aromatic rings. The summed E-state index contributed by atoms with van der Waals surface area (Å²) in [4.78, 5) is 2.44. The number of anilines is 1. The van der Waals surface area contributed by atoms with E-state index in [1.165, 1.54) is 0 Å². The van der Waals surface area contributed by atoms with Crippen molar-refractivity contribution in [1.82, 2.24) is 4.90 Å². The zero-order chi connectivity index (χ0) is 21.3. The van der Waals surface area contributed by atoms with Gasteiger partial charge in [-0.2, -0.15) is 0 Å². The van der Waals surface area contributed by atoms with Crippen molar-refractivity contribution in [2.24, 2.45) is 0 Å². The molecule has 0 bridgehead atoms. The molecule has 29 heavy (non-hydrogen) atoms. The van der Waals surface area contributed by atoms with Crippen molar-refractivity contribution in [1.29, 1.82) is 0 Å². The maximum absolute atomic E-state index is 13.1. The van der Waals surface area contributed by atoms with Gasteiger partial charge in [0.2, 0.25) is 0 Å². The van der Waals surface area contributed by atoms with Crippen LogP contribution in [0.3, 0.4) is 0 Å². The zero-order valence-electron chi connectivity index (χ0n) is 17.4. The number of halogens is 1. The summed E-state index contributed by atoms with van der Waals surface area (Å²) in [5.41, 5.74) is 2.48. The molecule has 1 heterocycles. The van der Waals surface area contributed by atoms with Gasteiger partial charge in [0.25, 0.3) is 10.0 Å². The van der Waals surface area contributed by atoms with Gasteiger partial charge in [-0.3, -0.25) is 4.72 Å². The third kappa shape index (κ3) is 4.63. The molecule has 0 aliphatic carbocycles. The normalized spacial score (nSPS) is 17.4. The maximum Gasteiger partial charge on any atom is 0.262 e. The van der Waals surface area contributed by atoms with E-state index in [4.69, 9.17) is 21.1 Å². The summed E-state index contributed by atoms with van der Waals surface area (Å²) >= 11 is 6.27. The van der Waals surface area contributed by atoms with E-state index >= 15 is 0 Å². The molecule has 1 saturated heterocycles. The molecule has 2 aromatic carbocycles. The van der Waals surface area contributed by atoms with Crippen molar-refractivity contribution in [3.63, 3.8) is 0 Å². The highest BCUT2D eigenvalue weighted by Crippen LogP contribution is 2.34. The van der Waals surface area contributed by atoms with E-state index in [9.17, 15) is 8.42 Å². The Morgan fingerprint density at radius 1 is 1.14 bits per heavy atom. The number of likely N-dealkylation sites (tertiary alicyclic amines) is 1. The van der Waals surface area contributed by atoms with Gasteiger partial charge in [-0.05, 0) is 69.1 Å². The Morgan fingerprint density at radius 2 is 1.86 bits per heavy atom. The third-order valence-electron chi connectivity index (χ3n) is 5.29. The molecule has 0 amide bonds. The standard InChI is InChI=1S/C21H27ClN2O4S/c1-13-10-19(27-5)14(2)15(3)21(13)29(25,26)23-16-6-7-18(22)20(11-16)28-17-8-9-24(4)12-17/h6-7,10-11,17,23H,8-9,12H2,1-5H3/t17-/m1/s1. The molecular weight excluding hydrogens is 412 g/mol. The van der Waals surface area contributed by atoms with Crippen LogP contribution in [0.25, 0.3) is 0 Å². The summed E-state index contributed by atoms with van der Waals surface area (Å²) in [5.74, 6) is 1.15. The fraction of sp³-hybridized carbons (Fsp3) is 0.429. The monoisotopic (exact) mass is 438 g/mol. The van der Waals surface area contributed by atoms with Crippen LogP contribution in [0.15, 0.2) is 29.2 Å². The largest absolute Gasteiger partial charge is 0.496 e. The first-order valence-corrected chi connectivity index (χ1v) is 11.3. The van der Waals surface area contributed by atoms with E-state index in [2.05, 4.69) is 9.62 Å². The summed E-state index contributed by atoms with van der Waals surface area (Å²) in [6, 6.07) is 6.66. The molecule has 0 saturated carbocycles. The molecule has 0 spiro atoms. The number of nitrogens with zero attached hydrogens (tertiary/aromatic N) is 1. The highest BCUT2D eigenvalue weighted by molar-refractivity contribution is 7.92. The number of benzene rings is 2. The Labute approximate surface area is 177 Å². The number of ether oxygens (including phenoxy) is 2. The Bertz CT molecular complexity index is 1020. The van der Waals surface area contributed by atoms with Crippen LogP contribution in [0.2, 0.25) is 5.02 Å². The molecule has 1 fully saturated rings. The van der Waals surface area contributed by atoms with Gasteiger partial charge in [0.1, 0.15) is 17.6 Å².